The monoisotopic (exact) mass is 570 g/mol. The molecule has 0 saturated carbocycles. The lowest BCUT2D eigenvalue weighted by Gasteiger charge is -2.34. The summed E-state index contributed by atoms with van der Waals surface area (Å²) >= 11 is 0. The number of carbonyl (C=O) groups is 2. The number of likely N-dealkylation sites (tertiary alicyclic amines) is 1. The van der Waals surface area contributed by atoms with Gasteiger partial charge in [-0.25, -0.2) is 4.79 Å². The van der Waals surface area contributed by atoms with Gasteiger partial charge >= 0.3 is 6.03 Å². The third-order valence-electron chi connectivity index (χ3n) is 7.83. The lowest BCUT2D eigenvalue weighted by molar-refractivity contribution is 0.0857. The lowest BCUT2D eigenvalue weighted by atomic mass is 9.88. The maximum Gasteiger partial charge on any atom is 0.324 e. The third kappa shape index (κ3) is 6.78. The molecule has 0 radical (unpaired) electrons. The fourth-order valence-electron chi connectivity index (χ4n) is 5.24. The summed E-state index contributed by atoms with van der Waals surface area (Å²) in [6, 6.07) is 15.6. The predicted molar refractivity (Wildman–Crippen MR) is 162 cm³/mol. The molecular formula is C32H38N6O4. The Bertz CT molecular complexity index is 1470. The number of anilines is 1. The van der Waals surface area contributed by atoms with Gasteiger partial charge in [-0.3, -0.25) is 19.1 Å². The lowest BCUT2D eigenvalue weighted by Crippen LogP contribution is -2.46. The van der Waals surface area contributed by atoms with E-state index in [1.54, 1.807) is 26.2 Å². The van der Waals surface area contributed by atoms with Gasteiger partial charge in [-0.05, 0) is 36.1 Å². The van der Waals surface area contributed by atoms with Crippen LogP contribution in [0, 0.1) is 5.92 Å². The topological polar surface area (TPSA) is 94.7 Å². The molecule has 42 heavy (non-hydrogen) atoms. The van der Waals surface area contributed by atoms with E-state index >= 15 is 0 Å². The average Bonchev–Trinajstić information content (AvgIpc) is 3.72. The number of piperidine rings is 1. The molecule has 0 N–H and O–H groups in total. The fourth-order valence-corrected chi connectivity index (χ4v) is 5.24. The van der Waals surface area contributed by atoms with Crippen LogP contribution in [0.15, 0.2) is 73.3 Å². The smallest absolute Gasteiger partial charge is 0.324 e. The van der Waals surface area contributed by atoms with Crippen LogP contribution in [-0.2, 0) is 22.6 Å². The zero-order valence-corrected chi connectivity index (χ0v) is 24.5. The minimum atomic E-state index is -0.0916. The molecule has 10 heteroatoms. The van der Waals surface area contributed by atoms with Gasteiger partial charge in [0.15, 0.2) is 5.78 Å². The highest BCUT2D eigenvalue weighted by atomic mass is 16.5. The summed E-state index contributed by atoms with van der Waals surface area (Å²) in [6.07, 6.45) is 8.93. The zero-order chi connectivity index (χ0) is 29.5. The van der Waals surface area contributed by atoms with E-state index in [1.807, 2.05) is 87.6 Å². The van der Waals surface area contributed by atoms with Crippen LogP contribution in [0.25, 0.3) is 22.3 Å². The maximum absolute atomic E-state index is 13.3. The molecule has 5 rings (SSSR count). The van der Waals surface area contributed by atoms with Crippen molar-refractivity contribution in [2.75, 3.05) is 52.5 Å². The van der Waals surface area contributed by atoms with Gasteiger partial charge in [0.2, 0.25) is 0 Å². The van der Waals surface area contributed by atoms with E-state index in [0.717, 1.165) is 27.9 Å². The first-order valence-corrected chi connectivity index (χ1v) is 14.3. The first-order chi connectivity index (χ1) is 20.5. The van der Waals surface area contributed by atoms with E-state index in [9.17, 15) is 9.59 Å². The van der Waals surface area contributed by atoms with Gasteiger partial charge in [0.25, 0.3) is 0 Å². The number of hydrogen-bond donors (Lipinski definition) is 0. The molecule has 10 nitrogen and oxygen atoms in total. The highest BCUT2D eigenvalue weighted by Gasteiger charge is 2.29. The highest BCUT2D eigenvalue weighted by molar-refractivity contribution is 5.98. The van der Waals surface area contributed by atoms with Crippen LogP contribution in [0.5, 0.6) is 0 Å². The van der Waals surface area contributed by atoms with E-state index in [0.29, 0.717) is 57.8 Å². The standard InChI is InChI=1S/C32H38N6O4/c1-35(30-10-8-25(9-11-30)29-21-34-38(23-29)17-19-42-3)32(40)36-14-12-27(13-15-36)31(39)26-6-4-24(5-7-26)28-20-33-37(22-28)16-18-41-2/h4-11,20-23,27H,12-19H2,1-3H3. The predicted octanol–water partition coefficient (Wildman–Crippen LogP) is 4.86. The zero-order valence-electron chi connectivity index (χ0n) is 24.5. The third-order valence-corrected chi connectivity index (χ3v) is 7.83. The number of hydrogen-bond acceptors (Lipinski definition) is 6. The van der Waals surface area contributed by atoms with Crippen molar-refractivity contribution in [3.63, 3.8) is 0 Å². The molecule has 4 aromatic rings. The molecule has 0 aliphatic carbocycles. The van der Waals surface area contributed by atoms with Crippen LogP contribution >= 0.6 is 0 Å². The fraction of sp³-hybridized carbons (Fsp3) is 0.375. The molecule has 2 amide bonds. The molecule has 0 unspecified atom stereocenters. The van der Waals surface area contributed by atoms with Crippen LogP contribution in [0.2, 0.25) is 0 Å². The number of methoxy groups -OCH3 is 2. The Morgan fingerprint density at radius 3 is 1.79 bits per heavy atom. The first-order valence-electron chi connectivity index (χ1n) is 14.3. The normalized spacial score (nSPS) is 13.8. The first kappa shape index (κ1) is 29.2. The van der Waals surface area contributed by atoms with Crippen molar-refractivity contribution in [1.29, 1.82) is 0 Å². The number of ether oxygens (including phenoxy) is 2. The number of Topliss-reactive ketones (excluding diaryl/α,β-unsaturated/α-hetero) is 1. The van der Waals surface area contributed by atoms with Crippen molar-refractivity contribution in [2.45, 2.75) is 25.9 Å². The van der Waals surface area contributed by atoms with Gasteiger partial charge in [0.05, 0.1) is 38.7 Å². The second-order valence-corrected chi connectivity index (χ2v) is 10.6. The van der Waals surface area contributed by atoms with Crippen LogP contribution in [-0.4, -0.2) is 83.8 Å². The molecular weight excluding hydrogens is 532 g/mol. The molecule has 1 aliphatic rings. The van der Waals surface area contributed by atoms with Gasteiger partial charge in [-0.2, -0.15) is 10.2 Å². The summed E-state index contributed by atoms with van der Waals surface area (Å²) in [5, 5.41) is 8.74. The number of aromatic nitrogens is 4. The molecule has 0 atom stereocenters. The molecule has 220 valence electrons. The Kier molecular flexibility index (Phi) is 9.45. The van der Waals surface area contributed by atoms with Crippen molar-refractivity contribution in [1.82, 2.24) is 24.5 Å². The van der Waals surface area contributed by atoms with E-state index in [2.05, 4.69) is 10.2 Å². The Labute approximate surface area is 246 Å². The number of benzene rings is 2. The van der Waals surface area contributed by atoms with Crippen molar-refractivity contribution in [3.05, 3.63) is 78.9 Å². The second kappa shape index (κ2) is 13.6. The van der Waals surface area contributed by atoms with Crippen molar-refractivity contribution < 1.29 is 19.1 Å². The van der Waals surface area contributed by atoms with Gasteiger partial charge in [-0.15, -0.1) is 0 Å². The van der Waals surface area contributed by atoms with Crippen LogP contribution in [0.4, 0.5) is 10.5 Å². The summed E-state index contributed by atoms with van der Waals surface area (Å²) < 4.78 is 13.9. The Hall–Kier alpha value is -4.28. The molecule has 2 aromatic carbocycles. The summed E-state index contributed by atoms with van der Waals surface area (Å²) in [6.45, 7) is 3.71. The SMILES string of the molecule is COCCn1cc(-c2ccc(C(=O)C3CCN(C(=O)N(C)c4ccc(-c5cnn(CCOC)c5)cc4)CC3)cc2)cn1. The molecule has 0 bridgehead atoms. The van der Waals surface area contributed by atoms with Gasteiger partial charge in [-0.1, -0.05) is 36.4 Å². The molecule has 1 fully saturated rings. The molecule has 1 saturated heterocycles. The molecule has 0 spiro atoms. The average molecular weight is 571 g/mol. The minimum Gasteiger partial charge on any atom is -0.383 e. The number of carbonyl (C=O) groups excluding carboxylic acids is 2. The number of nitrogens with zero attached hydrogens (tertiary/aromatic N) is 6. The molecule has 2 aromatic heterocycles. The molecule has 1 aliphatic heterocycles. The molecule has 3 heterocycles. The quantitative estimate of drug-likeness (QED) is 0.239. The second-order valence-electron chi connectivity index (χ2n) is 10.6. The Balaban J connectivity index is 1.13. The maximum atomic E-state index is 13.3. The van der Waals surface area contributed by atoms with Crippen LogP contribution < -0.4 is 4.90 Å². The Morgan fingerprint density at radius 2 is 1.29 bits per heavy atom. The summed E-state index contributed by atoms with van der Waals surface area (Å²) in [7, 11) is 5.14. The van der Waals surface area contributed by atoms with Gasteiger partial charge in [0.1, 0.15) is 0 Å². The van der Waals surface area contributed by atoms with Gasteiger partial charge < -0.3 is 14.4 Å². The van der Waals surface area contributed by atoms with E-state index < -0.39 is 0 Å². The van der Waals surface area contributed by atoms with Crippen molar-refractivity contribution >= 4 is 17.5 Å². The van der Waals surface area contributed by atoms with E-state index in [4.69, 9.17) is 9.47 Å². The van der Waals surface area contributed by atoms with Crippen LogP contribution in [0.3, 0.4) is 0 Å². The number of rotatable bonds is 11. The van der Waals surface area contributed by atoms with E-state index in [-0.39, 0.29) is 17.7 Å². The van der Waals surface area contributed by atoms with Gasteiger partial charge in [0, 0.05) is 75.0 Å². The summed E-state index contributed by atoms with van der Waals surface area (Å²) in [5.74, 6) is 0.0463. The van der Waals surface area contributed by atoms with Crippen LogP contribution in [0.1, 0.15) is 23.2 Å². The van der Waals surface area contributed by atoms with E-state index in [1.165, 1.54) is 0 Å². The minimum absolute atomic E-state index is 0.0589. The number of ketones is 1. The Morgan fingerprint density at radius 1 is 0.786 bits per heavy atom. The highest BCUT2D eigenvalue weighted by Crippen LogP contribution is 2.27. The van der Waals surface area contributed by atoms with Crippen molar-refractivity contribution in [3.8, 4) is 22.3 Å². The summed E-state index contributed by atoms with van der Waals surface area (Å²) in [4.78, 5) is 30.0. The number of amides is 2. The number of urea groups is 1. The van der Waals surface area contributed by atoms with Crippen molar-refractivity contribution in [2.24, 2.45) is 5.92 Å². The largest absolute Gasteiger partial charge is 0.383 e. The summed E-state index contributed by atoms with van der Waals surface area (Å²) in [5.41, 5.74) is 5.60.